The number of amides is 1. The lowest BCUT2D eigenvalue weighted by molar-refractivity contribution is -0.132. The van der Waals surface area contributed by atoms with Crippen molar-refractivity contribution in [1.29, 1.82) is 0 Å². The fourth-order valence-electron chi connectivity index (χ4n) is 3.65. The van der Waals surface area contributed by atoms with Crippen LogP contribution >= 0.6 is 0 Å². The van der Waals surface area contributed by atoms with Gasteiger partial charge in [-0.2, -0.15) is 0 Å². The fraction of sp³-hybridized carbons (Fsp3) is 0.368. The Hall–Kier alpha value is -3.16. The maximum Gasteiger partial charge on any atom is 0.332 e. The van der Waals surface area contributed by atoms with Crippen LogP contribution in [0.5, 0.6) is 0 Å². The highest BCUT2D eigenvalue weighted by Gasteiger charge is 2.21. The number of aryl methyl sites for hydroxylation is 2. The van der Waals surface area contributed by atoms with E-state index in [0.717, 1.165) is 11.0 Å². The molecule has 8 heteroatoms. The van der Waals surface area contributed by atoms with Crippen LogP contribution < -0.4 is 11.2 Å². The van der Waals surface area contributed by atoms with Crippen LogP contribution in [0.25, 0.3) is 11.2 Å². The zero-order valence-corrected chi connectivity index (χ0v) is 15.4. The highest BCUT2D eigenvalue weighted by Crippen LogP contribution is 2.19. The zero-order chi connectivity index (χ0) is 19.1. The van der Waals surface area contributed by atoms with E-state index in [9.17, 15) is 14.4 Å². The van der Waals surface area contributed by atoms with Gasteiger partial charge in [0.05, 0.1) is 6.33 Å². The minimum Gasteiger partial charge on any atom is -0.338 e. The van der Waals surface area contributed by atoms with E-state index in [4.69, 9.17) is 0 Å². The van der Waals surface area contributed by atoms with Crippen molar-refractivity contribution in [2.75, 3.05) is 6.54 Å². The largest absolute Gasteiger partial charge is 0.338 e. The van der Waals surface area contributed by atoms with Crippen molar-refractivity contribution in [1.82, 2.24) is 23.6 Å². The maximum absolute atomic E-state index is 12.7. The molecule has 1 aromatic carbocycles. The summed E-state index contributed by atoms with van der Waals surface area (Å²) in [5.74, 6) is 0.0491. The summed E-state index contributed by atoms with van der Waals surface area (Å²) >= 11 is 0. The van der Waals surface area contributed by atoms with Crippen LogP contribution in [0.3, 0.4) is 0 Å². The first kappa shape index (κ1) is 17.3. The number of carbonyl (C=O) groups excluding carboxylic acids is 1. The van der Waals surface area contributed by atoms with Crippen LogP contribution in [0.1, 0.15) is 17.5 Å². The summed E-state index contributed by atoms with van der Waals surface area (Å²) in [4.78, 5) is 43.2. The van der Waals surface area contributed by atoms with E-state index >= 15 is 0 Å². The van der Waals surface area contributed by atoms with E-state index < -0.39 is 11.2 Å². The number of rotatable bonds is 3. The van der Waals surface area contributed by atoms with Crippen LogP contribution in [0, 0.1) is 0 Å². The lowest BCUT2D eigenvalue weighted by Crippen LogP contribution is -2.38. The van der Waals surface area contributed by atoms with E-state index in [1.54, 1.807) is 11.6 Å². The van der Waals surface area contributed by atoms with Gasteiger partial charge >= 0.3 is 5.69 Å². The molecule has 0 atom stereocenters. The Kier molecular flexibility index (Phi) is 4.18. The Morgan fingerprint density at radius 2 is 1.85 bits per heavy atom. The van der Waals surface area contributed by atoms with Crippen molar-refractivity contribution >= 4 is 17.1 Å². The van der Waals surface area contributed by atoms with Gasteiger partial charge in [-0.15, -0.1) is 0 Å². The first-order chi connectivity index (χ1) is 13.0. The van der Waals surface area contributed by atoms with E-state index in [-0.39, 0.29) is 12.3 Å². The SMILES string of the molecule is Cn1c(=O)c2c(ncn2CCC(=O)N2CCc3ccccc3C2)n(C)c1=O. The van der Waals surface area contributed by atoms with E-state index in [1.807, 2.05) is 17.0 Å². The number of benzene rings is 1. The van der Waals surface area contributed by atoms with Gasteiger partial charge in [0.1, 0.15) is 0 Å². The van der Waals surface area contributed by atoms with E-state index in [1.165, 1.54) is 29.1 Å². The molecule has 1 aliphatic rings. The molecular formula is C19H21N5O3. The fourth-order valence-corrected chi connectivity index (χ4v) is 3.65. The number of hydrogen-bond acceptors (Lipinski definition) is 4. The van der Waals surface area contributed by atoms with E-state index in [0.29, 0.717) is 30.8 Å². The predicted molar refractivity (Wildman–Crippen MR) is 100 cm³/mol. The van der Waals surface area contributed by atoms with Crippen LogP contribution in [-0.4, -0.2) is 36.0 Å². The van der Waals surface area contributed by atoms with Gasteiger partial charge in [-0.1, -0.05) is 24.3 Å². The molecule has 4 rings (SSSR count). The van der Waals surface area contributed by atoms with Crippen LogP contribution in [0.2, 0.25) is 0 Å². The minimum atomic E-state index is -0.416. The summed E-state index contributed by atoms with van der Waals surface area (Å²) in [5, 5.41) is 0. The third kappa shape index (κ3) is 2.87. The minimum absolute atomic E-state index is 0.0491. The lowest BCUT2D eigenvalue weighted by Gasteiger charge is -2.29. The summed E-state index contributed by atoms with van der Waals surface area (Å²) in [6.07, 6.45) is 2.66. The summed E-state index contributed by atoms with van der Waals surface area (Å²) in [6, 6.07) is 8.18. The molecule has 1 aliphatic heterocycles. The third-order valence-corrected chi connectivity index (χ3v) is 5.27. The monoisotopic (exact) mass is 367 g/mol. The molecule has 0 unspecified atom stereocenters. The topological polar surface area (TPSA) is 82.1 Å². The van der Waals surface area contributed by atoms with Crippen molar-refractivity contribution in [3.05, 3.63) is 62.6 Å². The maximum atomic E-state index is 12.7. The Balaban J connectivity index is 1.54. The average molecular weight is 367 g/mol. The van der Waals surface area contributed by atoms with Crippen LogP contribution in [0.15, 0.2) is 40.2 Å². The van der Waals surface area contributed by atoms with Gasteiger partial charge in [0.2, 0.25) is 5.91 Å². The molecule has 1 amide bonds. The smallest absolute Gasteiger partial charge is 0.332 e. The molecule has 2 aromatic heterocycles. The standard InChI is InChI=1S/C19H21N5O3/c1-21-17-16(18(26)22(2)19(21)27)24(12-20-17)10-8-15(25)23-9-7-13-5-3-4-6-14(13)11-23/h3-6,12H,7-11H2,1-2H3. The van der Waals surface area contributed by atoms with Gasteiger partial charge in [0, 0.05) is 40.2 Å². The van der Waals surface area contributed by atoms with Crippen molar-refractivity contribution < 1.29 is 4.79 Å². The third-order valence-electron chi connectivity index (χ3n) is 5.27. The molecule has 8 nitrogen and oxygen atoms in total. The molecule has 140 valence electrons. The predicted octanol–water partition coefficient (Wildman–Crippen LogP) is 0.409. The van der Waals surface area contributed by atoms with Gasteiger partial charge in [0.15, 0.2) is 11.2 Å². The van der Waals surface area contributed by atoms with Crippen molar-refractivity contribution in [3.63, 3.8) is 0 Å². The van der Waals surface area contributed by atoms with Gasteiger partial charge in [-0.3, -0.25) is 18.7 Å². The zero-order valence-electron chi connectivity index (χ0n) is 15.4. The molecule has 3 aromatic rings. The second-order valence-electron chi connectivity index (χ2n) is 6.90. The summed E-state index contributed by atoms with van der Waals surface area (Å²) in [6.45, 7) is 1.67. The molecular weight excluding hydrogens is 346 g/mol. The molecule has 0 radical (unpaired) electrons. The molecule has 27 heavy (non-hydrogen) atoms. The Bertz CT molecular complexity index is 1150. The first-order valence-electron chi connectivity index (χ1n) is 8.93. The summed E-state index contributed by atoms with van der Waals surface area (Å²) in [7, 11) is 3.02. The Morgan fingerprint density at radius 1 is 1.11 bits per heavy atom. The van der Waals surface area contributed by atoms with Gasteiger partial charge in [0.25, 0.3) is 5.56 Å². The number of imidazole rings is 1. The van der Waals surface area contributed by atoms with Gasteiger partial charge in [-0.25, -0.2) is 9.78 Å². The molecule has 0 saturated heterocycles. The summed E-state index contributed by atoms with van der Waals surface area (Å²) in [5.41, 5.74) is 2.35. The van der Waals surface area contributed by atoms with Gasteiger partial charge < -0.3 is 9.47 Å². The summed E-state index contributed by atoms with van der Waals surface area (Å²) < 4.78 is 4.06. The Morgan fingerprint density at radius 3 is 2.63 bits per heavy atom. The molecule has 0 N–H and O–H groups in total. The Labute approximate surface area is 155 Å². The number of fused-ring (bicyclic) bond motifs is 2. The molecule has 0 aliphatic carbocycles. The second kappa shape index (κ2) is 6.53. The molecule has 0 saturated carbocycles. The molecule has 0 spiro atoms. The quantitative estimate of drug-likeness (QED) is 0.671. The second-order valence-corrected chi connectivity index (χ2v) is 6.90. The van der Waals surface area contributed by atoms with Crippen molar-refractivity contribution in [2.45, 2.75) is 25.9 Å². The van der Waals surface area contributed by atoms with Crippen LogP contribution in [-0.2, 0) is 38.4 Å². The number of carbonyl (C=O) groups is 1. The van der Waals surface area contributed by atoms with Crippen molar-refractivity contribution in [2.24, 2.45) is 14.1 Å². The average Bonchev–Trinajstić information content (AvgIpc) is 3.12. The number of nitrogens with zero attached hydrogens (tertiary/aromatic N) is 5. The highest BCUT2D eigenvalue weighted by molar-refractivity contribution is 5.77. The van der Waals surface area contributed by atoms with Crippen LogP contribution in [0.4, 0.5) is 0 Å². The lowest BCUT2D eigenvalue weighted by atomic mass is 10.00. The first-order valence-corrected chi connectivity index (χ1v) is 8.93. The van der Waals surface area contributed by atoms with Crippen molar-refractivity contribution in [3.8, 4) is 0 Å². The molecule has 0 bridgehead atoms. The number of hydrogen-bond donors (Lipinski definition) is 0. The molecule has 0 fully saturated rings. The molecule has 3 heterocycles. The normalized spacial score (nSPS) is 13.8. The number of aromatic nitrogens is 4. The van der Waals surface area contributed by atoms with Gasteiger partial charge in [-0.05, 0) is 17.5 Å². The van der Waals surface area contributed by atoms with E-state index in [2.05, 4.69) is 17.1 Å². The highest BCUT2D eigenvalue weighted by atomic mass is 16.2.